The zero-order valence-corrected chi connectivity index (χ0v) is 15.7. The molecule has 1 unspecified atom stereocenters. The van der Waals surface area contributed by atoms with Gasteiger partial charge in [-0.25, -0.2) is 0 Å². The highest BCUT2D eigenvalue weighted by Gasteiger charge is 2.35. The smallest absolute Gasteiger partial charge is 0.257 e. The molecule has 1 aromatic heterocycles. The Morgan fingerprint density at radius 3 is 2.60 bits per heavy atom. The molecule has 0 saturated carbocycles. The number of halogens is 1. The van der Waals surface area contributed by atoms with Crippen molar-refractivity contribution in [2.24, 2.45) is 0 Å². The fourth-order valence-corrected chi connectivity index (χ4v) is 3.61. The number of methoxy groups -OCH3 is 1. The van der Waals surface area contributed by atoms with Crippen LogP contribution in [0.25, 0.3) is 5.69 Å². The molecule has 1 aromatic carbocycles. The van der Waals surface area contributed by atoms with E-state index in [1.54, 1.807) is 24.1 Å². The standard InChI is InChI=1S/C19H23ClN2O3/c1-13-11-22(12-19(2,3)25-13)18(23)14-9-15(20)16(10-17(14)24-4)21-7-5-6-8-21/h5-10,13H,11-12H2,1-4H3. The summed E-state index contributed by atoms with van der Waals surface area (Å²) in [5.74, 6) is 0.413. The van der Waals surface area contributed by atoms with Crippen LogP contribution in [0.3, 0.4) is 0 Å². The van der Waals surface area contributed by atoms with Crippen molar-refractivity contribution >= 4 is 17.5 Å². The van der Waals surface area contributed by atoms with Crippen LogP contribution in [0.4, 0.5) is 0 Å². The third-order valence-electron chi connectivity index (χ3n) is 4.24. The van der Waals surface area contributed by atoms with Crippen LogP contribution in [0, 0.1) is 0 Å². The number of benzene rings is 1. The highest BCUT2D eigenvalue weighted by Crippen LogP contribution is 2.32. The van der Waals surface area contributed by atoms with Gasteiger partial charge in [0.25, 0.3) is 5.91 Å². The third-order valence-corrected chi connectivity index (χ3v) is 4.54. The van der Waals surface area contributed by atoms with Crippen molar-refractivity contribution < 1.29 is 14.3 Å². The Hall–Kier alpha value is -1.98. The van der Waals surface area contributed by atoms with E-state index in [-0.39, 0.29) is 17.6 Å². The second-order valence-corrected chi connectivity index (χ2v) is 7.38. The molecule has 0 radical (unpaired) electrons. The quantitative estimate of drug-likeness (QED) is 0.834. The van der Waals surface area contributed by atoms with Crippen LogP contribution in [-0.4, -0.2) is 47.3 Å². The van der Waals surface area contributed by atoms with Gasteiger partial charge in [-0.1, -0.05) is 11.6 Å². The second kappa shape index (κ2) is 6.73. The van der Waals surface area contributed by atoms with Crippen molar-refractivity contribution in [1.82, 2.24) is 9.47 Å². The van der Waals surface area contributed by atoms with Gasteiger partial charge < -0.3 is 18.9 Å². The third kappa shape index (κ3) is 3.67. The van der Waals surface area contributed by atoms with Gasteiger partial charge in [0.1, 0.15) is 5.75 Å². The maximum absolute atomic E-state index is 13.1. The highest BCUT2D eigenvalue weighted by atomic mass is 35.5. The number of carbonyl (C=O) groups excluding carboxylic acids is 1. The Kier molecular flexibility index (Phi) is 4.80. The normalized spacial score (nSPS) is 19.7. The predicted molar refractivity (Wildman–Crippen MR) is 97.9 cm³/mol. The van der Waals surface area contributed by atoms with Crippen LogP contribution in [0.5, 0.6) is 5.75 Å². The van der Waals surface area contributed by atoms with Gasteiger partial charge in [0.05, 0.1) is 35.1 Å². The lowest BCUT2D eigenvalue weighted by Gasteiger charge is -2.41. The van der Waals surface area contributed by atoms with Crippen LogP contribution in [-0.2, 0) is 4.74 Å². The minimum atomic E-state index is -0.380. The lowest BCUT2D eigenvalue weighted by molar-refractivity contribution is -0.118. The van der Waals surface area contributed by atoms with E-state index in [0.29, 0.717) is 29.4 Å². The van der Waals surface area contributed by atoms with Crippen LogP contribution in [0.1, 0.15) is 31.1 Å². The summed E-state index contributed by atoms with van der Waals surface area (Å²) in [4.78, 5) is 14.9. The maximum Gasteiger partial charge on any atom is 0.257 e. The van der Waals surface area contributed by atoms with Gasteiger partial charge in [-0.05, 0) is 39.0 Å². The number of nitrogens with zero attached hydrogens (tertiary/aromatic N) is 2. The molecule has 134 valence electrons. The maximum atomic E-state index is 13.1. The minimum Gasteiger partial charge on any atom is -0.496 e. The number of rotatable bonds is 3. The summed E-state index contributed by atoms with van der Waals surface area (Å²) in [6.45, 7) is 7.02. The van der Waals surface area contributed by atoms with E-state index < -0.39 is 0 Å². The Labute approximate surface area is 153 Å². The van der Waals surface area contributed by atoms with Gasteiger partial charge in [0.15, 0.2) is 0 Å². The summed E-state index contributed by atoms with van der Waals surface area (Å²) in [6, 6.07) is 7.31. The molecule has 2 heterocycles. The number of amides is 1. The van der Waals surface area contributed by atoms with Gasteiger partial charge in [-0.2, -0.15) is 0 Å². The summed E-state index contributed by atoms with van der Waals surface area (Å²) in [6.07, 6.45) is 3.77. The van der Waals surface area contributed by atoms with Crippen molar-refractivity contribution in [1.29, 1.82) is 0 Å². The van der Waals surface area contributed by atoms with Crippen molar-refractivity contribution in [3.8, 4) is 11.4 Å². The number of hydrogen-bond acceptors (Lipinski definition) is 3. The molecule has 2 aromatic rings. The molecule has 25 heavy (non-hydrogen) atoms. The van der Waals surface area contributed by atoms with Gasteiger partial charge in [-0.15, -0.1) is 0 Å². The molecule has 0 spiro atoms. The van der Waals surface area contributed by atoms with Crippen molar-refractivity contribution in [3.63, 3.8) is 0 Å². The molecule has 0 aliphatic carbocycles. The van der Waals surface area contributed by atoms with Crippen LogP contribution < -0.4 is 4.74 Å². The lowest BCUT2D eigenvalue weighted by atomic mass is 10.0. The lowest BCUT2D eigenvalue weighted by Crippen LogP contribution is -2.53. The van der Waals surface area contributed by atoms with Crippen LogP contribution in [0.2, 0.25) is 5.02 Å². The molecule has 1 aliphatic rings. The van der Waals surface area contributed by atoms with Crippen LogP contribution in [0.15, 0.2) is 36.7 Å². The van der Waals surface area contributed by atoms with Crippen molar-refractivity contribution in [2.75, 3.05) is 20.2 Å². The summed E-state index contributed by atoms with van der Waals surface area (Å²) in [5.41, 5.74) is 0.860. The van der Waals surface area contributed by atoms with Crippen molar-refractivity contribution in [2.45, 2.75) is 32.5 Å². The average molecular weight is 363 g/mol. The molecule has 0 N–H and O–H groups in total. The topological polar surface area (TPSA) is 43.7 Å². The monoisotopic (exact) mass is 362 g/mol. The van der Waals surface area contributed by atoms with E-state index in [4.69, 9.17) is 21.1 Å². The molecular weight excluding hydrogens is 340 g/mol. The largest absolute Gasteiger partial charge is 0.496 e. The zero-order valence-electron chi connectivity index (χ0n) is 15.0. The number of carbonyl (C=O) groups is 1. The Morgan fingerprint density at radius 1 is 1.32 bits per heavy atom. The summed E-state index contributed by atoms with van der Waals surface area (Å²) in [7, 11) is 1.56. The fourth-order valence-electron chi connectivity index (χ4n) is 3.35. The molecule has 5 nitrogen and oxygen atoms in total. The molecular formula is C19H23ClN2O3. The van der Waals surface area contributed by atoms with E-state index in [1.807, 2.05) is 49.9 Å². The van der Waals surface area contributed by atoms with Gasteiger partial charge in [0.2, 0.25) is 0 Å². The van der Waals surface area contributed by atoms with E-state index in [0.717, 1.165) is 5.69 Å². The van der Waals surface area contributed by atoms with E-state index >= 15 is 0 Å². The molecule has 1 atom stereocenters. The molecule has 1 saturated heterocycles. The zero-order chi connectivity index (χ0) is 18.2. The van der Waals surface area contributed by atoms with E-state index in [2.05, 4.69) is 0 Å². The second-order valence-electron chi connectivity index (χ2n) is 6.97. The molecule has 3 rings (SSSR count). The Bertz CT molecular complexity index is 771. The molecule has 1 amide bonds. The predicted octanol–water partition coefficient (Wildman–Crippen LogP) is 3.78. The van der Waals surface area contributed by atoms with E-state index in [9.17, 15) is 4.79 Å². The first kappa shape index (κ1) is 17.8. The van der Waals surface area contributed by atoms with Crippen LogP contribution >= 0.6 is 11.6 Å². The summed E-state index contributed by atoms with van der Waals surface area (Å²) >= 11 is 6.45. The molecule has 1 fully saturated rings. The van der Waals surface area contributed by atoms with Gasteiger partial charge in [0, 0.05) is 31.5 Å². The molecule has 6 heteroatoms. The first-order valence-corrected chi connectivity index (χ1v) is 8.66. The summed E-state index contributed by atoms with van der Waals surface area (Å²) < 4.78 is 13.3. The first-order valence-electron chi connectivity index (χ1n) is 8.29. The minimum absolute atomic E-state index is 0.0201. The van der Waals surface area contributed by atoms with E-state index in [1.165, 1.54) is 0 Å². The van der Waals surface area contributed by atoms with Crippen molar-refractivity contribution in [3.05, 3.63) is 47.2 Å². The molecule has 1 aliphatic heterocycles. The SMILES string of the molecule is COc1cc(-n2cccc2)c(Cl)cc1C(=O)N1CC(C)OC(C)(C)C1. The summed E-state index contributed by atoms with van der Waals surface area (Å²) in [5, 5.41) is 0.501. The van der Waals surface area contributed by atoms with Gasteiger partial charge in [-0.3, -0.25) is 4.79 Å². The highest BCUT2D eigenvalue weighted by molar-refractivity contribution is 6.33. The number of morpholine rings is 1. The van der Waals surface area contributed by atoms with Gasteiger partial charge >= 0.3 is 0 Å². The first-order chi connectivity index (χ1) is 11.8. The number of hydrogen-bond donors (Lipinski definition) is 0. The number of ether oxygens (including phenoxy) is 2. The fraction of sp³-hybridized carbons (Fsp3) is 0.421. The molecule has 0 bridgehead atoms. The average Bonchev–Trinajstić information content (AvgIpc) is 3.06. The Morgan fingerprint density at radius 2 is 2.00 bits per heavy atom. The number of aromatic nitrogens is 1. The Balaban J connectivity index is 1.96.